The van der Waals surface area contributed by atoms with Gasteiger partial charge in [0.05, 0.1) is 37.6 Å². The van der Waals surface area contributed by atoms with E-state index in [1.165, 1.54) is 0 Å². The highest BCUT2D eigenvalue weighted by molar-refractivity contribution is 6.66. The highest BCUT2D eigenvalue weighted by atomic mass is 28.4. The minimum Gasteiger partial charge on any atom is -0.388 e. The first-order valence-corrected chi connectivity index (χ1v) is 19.2. The van der Waals surface area contributed by atoms with Gasteiger partial charge in [-0.25, -0.2) is 0 Å². The Balaban J connectivity index is 1.57. The first-order chi connectivity index (χ1) is 21.3. The van der Waals surface area contributed by atoms with Crippen LogP contribution in [-0.4, -0.2) is 50.5 Å². The van der Waals surface area contributed by atoms with Crippen molar-refractivity contribution in [3.63, 3.8) is 0 Å². The first kappa shape index (κ1) is 32.8. The predicted molar refractivity (Wildman–Crippen MR) is 179 cm³/mol. The van der Waals surface area contributed by atoms with Gasteiger partial charge < -0.3 is 27.8 Å². The molecule has 0 aromatic heterocycles. The van der Waals surface area contributed by atoms with Gasteiger partial charge in [-0.2, -0.15) is 0 Å². The smallest absolute Gasteiger partial charge is 0.335 e. The lowest BCUT2D eigenvalue weighted by Gasteiger charge is -2.69. The largest absolute Gasteiger partial charge is 0.388 e. The fraction of sp³-hybridized carbons (Fsp3) is 0.579. The molecule has 7 heteroatoms. The molecule has 45 heavy (non-hydrogen) atoms. The van der Waals surface area contributed by atoms with Crippen LogP contribution >= 0.6 is 0 Å². The quantitative estimate of drug-likeness (QED) is 0.216. The van der Waals surface area contributed by atoms with Gasteiger partial charge >= 0.3 is 8.56 Å². The Kier molecular flexibility index (Phi) is 8.64. The Bertz CT molecular complexity index is 1380. The van der Waals surface area contributed by atoms with Crippen LogP contribution in [0.25, 0.3) is 0 Å². The molecular formula is C38H52O6Si. The summed E-state index contributed by atoms with van der Waals surface area (Å²) in [6.45, 7) is 25.3. The summed E-state index contributed by atoms with van der Waals surface area (Å²) in [5, 5.41) is 0. The highest BCUT2D eigenvalue weighted by Gasteiger charge is 2.73. The molecule has 0 amide bonds. The molecule has 0 radical (unpaired) electrons. The minimum absolute atomic E-state index is 0.106. The molecule has 4 aliphatic rings. The van der Waals surface area contributed by atoms with Crippen LogP contribution in [0.15, 0.2) is 85.5 Å². The standard InChI is InChI=1S/C38H52O6Si/c1-10-38-32(40-25-28-20-16-13-17-21-28)30-26(3)22-23-29-37(30,8)34(42-36(6,7)41-29)31(39-24-27-18-14-12-15-19-27)33(35(38,4)5)43-45(9,11-2)44-38/h10,12-21,29-34H,1,3,11,22-25H2,2,4-9H3/t29-,30-,31+,32-,33-,34-,37+,38+,45?/m0/s1. The third kappa shape index (κ3) is 5.42. The molecule has 2 aromatic rings. The normalized spacial score (nSPS) is 40.1. The van der Waals surface area contributed by atoms with Crippen molar-refractivity contribution in [2.45, 2.75) is 122 Å². The molecule has 2 aliphatic carbocycles. The van der Waals surface area contributed by atoms with E-state index in [-0.39, 0.29) is 24.2 Å². The zero-order valence-corrected chi connectivity index (χ0v) is 29.2. The zero-order chi connectivity index (χ0) is 32.3. The molecule has 2 aromatic carbocycles. The molecular weight excluding hydrogens is 580 g/mol. The summed E-state index contributed by atoms with van der Waals surface area (Å²) < 4.78 is 42.8. The topological polar surface area (TPSA) is 55.4 Å². The average molecular weight is 633 g/mol. The molecule has 9 atom stereocenters. The van der Waals surface area contributed by atoms with Crippen molar-refractivity contribution < 1.29 is 27.8 Å². The van der Waals surface area contributed by atoms with Crippen LogP contribution in [-0.2, 0) is 41.0 Å². The Morgan fingerprint density at radius 2 is 1.49 bits per heavy atom. The summed E-state index contributed by atoms with van der Waals surface area (Å²) in [6.07, 6.45) is 2.05. The molecule has 2 heterocycles. The van der Waals surface area contributed by atoms with Crippen molar-refractivity contribution in [2.75, 3.05) is 0 Å². The third-order valence-corrected chi connectivity index (χ3v) is 14.1. The number of hydrogen-bond acceptors (Lipinski definition) is 6. The van der Waals surface area contributed by atoms with E-state index in [4.69, 9.17) is 34.4 Å². The number of hydrogen-bond donors (Lipinski definition) is 0. The monoisotopic (exact) mass is 632 g/mol. The van der Waals surface area contributed by atoms with E-state index in [0.717, 1.165) is 35.6 Å². The molecule has 2 saturated carbocycles. The van der Waals surface area contributed by atoms with Gasteiger partial charge in [0, 0.05) is 16.7 Å². The molecule has 244 valence electrons. The fourth-order valence-corrected chi connectivity index (χ4v) is 11.2. The summed E-state index contributed by atoms with van der Waals surface area (Å²) in [7, 11) is -2.77. The van der Waals surface area contributed by atoms with Gasteiger partial charge in [-0.05, 0) is 50.4 Å². The van der Waals surface area contributed by atoms with Crippen LogP contribution in [0.4, 0.5) is 0 Å². The molecule has 2 bridgehead atoms. The average Bonchev–Trinajstić information content (AvgIpc) is 3.01. The lowest BCUT2D eigenvalue weighted by molar-refractivity contribution is -0.397. The number of ether oxygens (including phenoxy) is 4. The number of fused-ring (bicyclic) bond motifs is 2. The van der Waals surface area contributed by atoms with E-state index in [1.807, 2.05) is 32.1 Å². The van der Waals surface area contributed by atoms with Crippen LogP contribution in [0, 0.1) is 16.7 Å². The van der Waals surface area contributed by atoms with E-state index in [2.05, 4.69) is 89.4 Å². The lowest BCUT2D eigenvalue weighted by atomic mass is 9.50. The summed E-state index contributed by atoms with van der Waals surface area (Å²) >= 11 is 0. The van der Waals surface area contributed by atoms with Crippen LogP contribution in [0.2, 0.25) is 12.6 Å². The lowest BCUT2D eigenvalue weighted by Crippen LogP contribution is -2.80. The summed E-state index contributed by atoms with van der Waals surface area (Å²) in [6, 6.07) is 21.5. The van der Waals surface area contributed by atoms with Gasteiger partial charge in [0.25, 0.3) is 0 Å². The maximum Gasteiger partial charge on any atom is 0.335 e. The van der Waals surface area contributed by atoms with E-state index >= 15 is 0 Å². The van der Waals surface area contributed by atoms with E-state index in [1.54, 1.807) is 0 Å². The highest BCUT2D eigenvalue weighted by Crippen LogP contribution is 2.64. The van der Waals surface area contributed by atoms with Crippen LogP contribution in [0.1, 0.15) is 65.5 Å². The van der Waals surface area contributed by atoms with Crippen LogP contribution in [0.5, 0.6) is 0 Å². The predicted octanol–water partition coefficient (Wildman–Crippen LogP) is 8.12. The Hall–Kier alpha value is -2.10. The Morgan fingerprint density at radius 3 is 2.07 bits per heavy atom. The van der Waals surface area contributed by atoms with Crippen molar-refractivity contribution in [1.29, 1.82) is 0 Å². The van der Waals surface area contributed by atoms with Gasteiger partial charge in [0.1, 0.15) is 11.7 Å². The van der Waals surface area contributed by atoms with E-state index in [0.29, 0.717) is 13.2 Å². The molecule has 2 aliphatic heterocycles. The number of rotatable bonds is 8. The Labute approximate surface area is 271 Å². The molecule has 6 nitrogen and oxygen atoms in total. The van der Waals surface area contributed by atoms with Gasteiger partial charge in [-0.15, -0.1) is 6.58 Å². The molecule has 0 spiro atoms. The van der Waals surface area contributed by atoms with E-state index < -0.39 is 43.0 Å². The molecule has 4 fully saturated rings. The Morgan fingerprint density at radius 1 is 0.889 bits per heavy atom. The maximum atomic E-state index is 7.39. The summed E-state index contributed by atoms with van der Waals surface area (Å²) in [5.74, 6) is -0.960. The molecule has 2 saturated heterocycles. The number of benzene rings is 2. The summed E-state index contributed by atoms with van der Waals surface area (Å²) in [4.78, 5) is 0. The minimum atomic E-state index is -2.77. The van der Waals surface area contributed by atoms with Gasteiger partial charge in [0.2, 0.25) is 0 Å². The van der Waals surface area contributed by atoms with Crippen molar-refractivity contribution in [1.82, 2.24) is 0 Å². The van der Waals surface area contributed by atoms with Gasteiger partial charge in [0.15, 0.2) is 5.79 Å². The van der Waals surface area contributed by atoms with E-state index in [9.17, 15) is 0 Å². The molecule has 1 unspecified atom stereocenters. The van der Waals surface area contributed by atoms with Gasteiger partial charge in [-0.3, -0.25) is 0 Å². The van der Waals surface area contributed by atoms with Crippen molar-refractivity contribution in [2.24, 2.45) is 16.7 Å². The van der Waals surface area contributed by atoms with Crippen LogP contribution < -0.4 is 0 Å². The SMILES string of the molecule is C=C[C@@]12O[Si](C)(CC)O[C@@H]([C@@H](OCc3ccccc3)[C@@H]3OC(C)(C)O[C@H]4CCC(=C)[C@@H]([C@@H]1OCc1ccccc1)[C@@]43C)C2(C)C. The van der Waals surface area contributed by atoms with Gasteiger partial charge in [-0.1, -0.05) is 107 Å². The van der Waals surface area contributed by atoms with Crippen LogP contribution in [0.3, 0.4) is 0 Å². The molecule has 6 rings (SSSR count). The molecule has 0 N–H and O–H groups in total. The summed E-state index contributed by atoms with van der Waals surface area (Å²) in [5.41, 5.74) is 1.29. The van der Waals surface area contributed by atoms with Crippen molar-refractivity contribution in [3.8, 4) is 0 Å². The maximum absolute atomic E-state index is 7.39. The van der Waals surface area contributed by atoms with Crippen molar-refractivity contribution >= 4 is 8.56 Å². The second-order valence-corrected chi connectivity index (χ2v) is 18.3. The first-order valence-electron chi connectivity index (χ1n) is 16.7. The third-order valence-electron chi connectivity index (χ3n) is 11.3. The second-order valence-electron chi connectivity index (χ2n) is 14.9. The van der Waals surface area contributed by atoms with Crippen molar-refractivity contribution in [3.05, 3.63) is 96.6 Å². The fourth-order valence-electron chi connectivity index (χ4n) is 8.69. The zero-order valence-electron chi connectivity index (χ0n) is 28.2. The second kappa shape index (κ2) is 11.9.